The highest BCUT2D eigenvalue weighted by molar-refractivity contribution is 7.15. The maximum absolute atomic E-state index is 4.27. The van der Waals surface area contributed by atoms with Crippen LogP contribution in [0.5, 0.6) is 0 Å². The van der Waals surface area contributed by atoms with Gasteiger partial charge in [0.15, 0.2) is 0 Å². The molecule has 1 aliphatic rings. The molecular formula is C12H16N4S2. The minimum absolute atomic E-state index is 0.738. The zero-order valence-corrected chi connectivity index (χ0v) is 11.8. The van der Waals surface area contributed by atoms with Crippen LogP contribution in [-0.4, -0.2) is 15.2 Å². The fourth-order valence-electron chi connectivity index (χ4n) is 2.36. The lowest BCUT2D eigenvalue weighted by atomic mass is 10.1. The van der Waals surface area contributed by atoms with Crippen molar-refractivity contribution < 1.29 is 0 Å². The molecule has 0 radical (unpaired) electrons. The van der Waals surface area contributed by atoms with Crippen molar-refractivity contribution in [3.05, 3.63) is 21.6 Å². The molecule has 1 fully saturated rings. The van der Waals surface area contributed by atoms with E-state index < -0.39 is 0 Å². The van der Waals surface area contributed by atoms with E-state index >= 15 is 0 Å². The van der Waals surface area contributed by atoms with Crippen LogP contribution in [0.3, 0.4) is 0 Å². The molecule has 96 valence electrons. The Hall–Kier alpha value is -1.01. The molecular weight excluding hydrogens is 264 g/mol. The lowest BCUT2D eigenvalue weighted by molar-refractivity contribution is 0.542. The zero-order chi connectivity index (χ0) is 12.2. The van der Waals surface area contributed by atoms with E-state index in [1.807, 2.05) is 10.9 Å². The van der Waals surface area contributed by atoms with Crippen LogP contribution in [0.4, 0.5) is 5.13 Å². The maximum Gasteiger partial charge on any atom is 0.205 e. The van der Waals surface area contributed by atoms with Crippen LogP contribution in [0.25, 0.3) is 0 Å². The fraction of sp³-hybridized carbons (Fsp3) is 0.583. The van der Waals surface area contributed by atoms with E-state index in [0.29, 0.717) is 0 Å². The highest BCUT2D eigenvalue weighted by Gasteiger charge is 2.17. The average Bonchev–Trinajstić information content (AvgIpc) is 3.09. The molecule has 0 atom stereocenters. The normalized spacial score (nSPS) is 16.2. The lowest BCUT2D eigenvalue weighted by Gasteiger charge is -2.03. The first-order valence-corrected chi connectivity index (χ1v) is 8.09. The summed E-state index contributed by atoms with van der Waals surface area (Å²) in [4.78, 5) is 4.23. The maximum atomic E-state index is 4.27. The third kappa shape index (κ3) is 3.05. The van der Waals surface area contributed by atoms with E-state index in [1.165, 1.54) is 30.7 Å². The summed E-state index contributed by atoms with van der Waals surface area (Å²) in [6.07, 6.45) is 6.61. The first-order chi connectivity index (χ1) is 8.90. The van der Waals surface area contributed by atoms with E-state index in [-0.39, 0.29) is 0 Å². The zero-order valence-electron chi connectivity index (χ0n) is 10.1. The minimum Gasteiger partial charge on any atom is -0.354 e. The second-order valence-electron chi connectivity index (χ2n) is 4.69. The van der Waals surface area contributed by atoms with Crippen LogP contribution in [0.15, 0.2) is 10.9 Å². The van der Waals surface area contributed by atoms with Crippen molar-refractivity contribution in [1.82, 2.24) is 15.2 Å². The molecule has 0 saturated heterocycles. The molecule has 0 spiro atoms. The summed E-state index contributed by atoms with van der Waals surface area (Å²) in [5.41, 5.74) is 2.91. The second-order valence-corrected chi connectivity index (χ2v) is 6.47. The Kier molecular flexibility index (Phi) is 3.85. The van der Waals surface area contributed by atoms with Gasteiger partial charge in [0.25, 0.3) is 0 Å². The summed E-state index contributed by atoms with van der Waals surface area (Å²) >= 11 is 3.30. The third-order valence-corrected chi connectivity index (χ3v) is 4.85. The van der Waals surface area contributed by atoms with Gasteiger partial charge in [-0.05, 0) is 5.92 Å². The van der Waals surface area contributed by atoms with Crippen molar-refractivity contribution in [2.24, 2.45) is 5.92 Å². The average molecular weight is 280 g/mol. The molecule has 0 bridgehead atoms. The predicted octanol–water partition coefficient (Wildman–Crippen LogP) is 3.34. The molecule has 18 heavy (non-hydrogen) atoms. The number of rotatable bonds is 5. The van der Waals surface area contributed by atoms with E-state index in [0.717, 1.165) is 29.7 Å². The van der Waals surface area contributed by atoms with E-state index in [9.17, 15) is 0 Å². The van der Waals surface area contributed by atoms with Gasteiger partial charge in [-0.2, -0.15) is 0 Å². The number of nitrogens with one attached hydrogen (secondary N) is 1. The largest absolute Gasteiger partial charge is 0.354 e. The van der Waals surface area contributed by atoms with Gasteiger partial charge in [0.2, 0.25) is 5.13 Å². The first-order valence-electron chi connectivity index (χ1n) is 6.33. The smallest absolute Gasteiger partial charge is 0.205 e. The van der Waals surface area contributed by atoms with Gasteiger partial charge in [-0.1, -0.05) is 37.0 Å². The molecule has 6 heteroatoms. The molecule has 0 unspecified atom stereocenters. The van der Waals surface area contributed by atoms with Gasteiger partial charge >= 0.3 is 0 Å². The van der Waals surface area contributed by atoms with E-state index in [1.54, 1.807) is 22.7 Å². The Bertz CT molecular complexity index is 474. The van der Waals surface area contributed by atoms with Crippen LogP contribution in [0, 0.1) is 5.92 Å². The van der Waals surface area contributed by atoms with Crippen LogP contribution in [-0.2, 0) is 13.0 Å². The fourth-order valence-corrected chi connectivity index (χ4v) is 3.77. The van der Waals surface area contributed by atoms with Gasteiger partial charge in [-0.15, -0.1) is 21.5 Å². The Morgan fingerprint density at radius 1 is 1.28 bits per heavy atom. The summed E-state index contributed by atoms with van der Waals surface area (Å²) in [7, 11) is 0. The third-order valence-electron chi connectivity index (χ3n) is 3.31. The summed E-state index contributed by atoms with van der Waals surface area (Å²) in [6, 6.07) is 0. The summed E-state index contributed by atoms with van der Waals surface area (Å²) in [5, 5.41) is 15.9. The highest BCUT2D eigenvalue weighted by Crippen LogP contribution is 2.29. The number of nitrogens with zero attached hydrogens (tertiary/aromatic N) is 3. The topological polar surface area (TPSA) is 50.7 Å². The first kappa shape index (κ1) is 12.0. The molecule has 0 aromatic carbocycles. The standard InChI is InChI=1S/C12H16N4S2/c1-2-4-9(3-1)5-11-15-16-12(18-11)13-6-10-7-17-8-14-10/h7-9H,1-6H2,(H,13,16). The van der Waals surface area contributed by atoms with Crippen molar-refractivity contribution in [2.45, 2.75) is 38.6 Å². The van der Waals surface area contributed by atoms with Crippen LogP contribution in [0.1, 0.15) is 36.4 Å². The molecule has 1 aliphatic carbocycles. The van der Waals surface area contributed by atoms with Gasteiger partial charge in [-0.3, -0.25) is 0 Å². The Labute approximate surface area is 114 Å². The van der Waals surface area contributed by atoms with Crippen LogP contribution >= 0.6 is 22.7 Å². The molecule has 3 rings (SSSR count). The summed E-state index contributed by atoms with van der Waals surface area (Å²) < 4.78 is 0. The Balaban J connectivity index is 1.52. The quantitative estimate of drug-likeness (QED) is 0.912. The van der Waals surface area contributed by atoms with E-state index in [2.05, 4.69) is 20.5 Å². The number of hydrogen-bond acceptors (Lipinski definition) is 6. The van der Waals surface area contributed by atoms with E-state index in [4.69, 9.17) is 0 Å². The molecule has 1 N–H and O–H groups in total. The number of anilines is 1. The second kappa shape index (κ2) is 5.75. The molecule has 0 aliphatic heterocycles. The molecule has 0 amide bonds. The molecule has 2 aromatic rings. The molecule has 2 heterocycles. The monoisotopic (exact) mass is 280 g/mol. The van der Waals surface area contributed by atoms with Gasteiger partial charge in [0.1, 0.15) is 5.01 Å². The van der Waals surface area contributed by atoms with Crippen molar-refractivity contribution >= 4 is 27.8 Å². The Morgan fingerprint density at radius 3 is 2.94 bits per heavy atom. The van der Waals surface area contributed by atoms with Gasteiger partial charge < -0.3 is 5.32 Å². The summed E-state index contributed by atoms with van der Waals surface area (Å²) in [5.74, 6) is 0.837. The molecule has 1 saturated carbocycles. The lowest BCUT2D eigenvalue weighted by Crippen LogP contribution is -1.98. The van der Waals surface area contributed by atoms with Gasteiger partial charge in [0, 0.05) is 11.8 Å². The SMILES string of the molecule is c1nc(CNc2nnc(CC3CCCC3)s2)cs1. The number of hydrogen-bond donors (Lipinski definition) is 1. The van der Waals surface area contributed by atoms with Crippen LogP contribution < -0.4 is 5.32 Å². The van der Waals surface area contributed by atoms with Crippen molar-refractivity contribution in [3.8, 4) is 0 Å². The van der Waals surface area contributed by atoms with Gasteiger partial charge in [-0.25, -0.2) is 4.98 Å². The number of aromatic nitrogens is 3. The van der Waals surface area contributed by atoms with Crippen LogP contribution in [0.2, 0.25) is 0 Å². The summed E-state index contributed by atoms with van der Waals surface area (Å²) in [6.45, 7) is 0.738. The van der Waals surface area contributed by atoms with Crippen molar-refractivity contribution in [3.63, 3.8) is 0 Å². The van der Waals surface area contributed by atoms with Crippen molar-refractivity contribution in [1.29, 1.82) is 0 Å². The van der Waals surface area contributed by atoms with Crippen molar-refractivity contribution in [2.75, 3.05) is 5.32 Å². The molecule has 4 nitrogen and oxygen atoms in total. The highest BCUT2D eigenvalue weighted by atomic mass is 32.1. The predicted molar refractivity (Wildman–Crippen MR) is 75.0 cm³/mol. The number of thiazole rings is 1. The van der Waals surface area contributed by atoms with Gasteiger partial charge in [0.05, 0.1) is 17.7 Å². The Morgan fingerprint density at radius 2 is 2.17 bits per heavy atom. The minimum atomic E-state index is 0.738. The molecule has 2 aromatic heterocycles.